The molecule has 1 saturated heterocycles. The van der Waals surface area contributed by atoms with Gasteiger partial charge in [-0.1, -0.05) is 121 Å². The lowest BCUT2D eigenvalue weighted by atomic mass is 9.79. The molecule has 6 aromatic carbocycles. The molecule has 1 aromatic heterocycles. The molecule has 27 heteroatoms. The summed E-state index contributed by atoms with van der Waals surface area (Å²) in [5.41, 5.74) is 4.33. The number of rotatable bonds is 25. The first-order chi connectivity index (χ1) is 43.1. The molecule has 1 fully saturated rings. The van der Waals surface area contributed by atoms with Gasteiger partial charge in [0.15, 0.2) is 11.5 Å². The van der Waals surface area contributed by atoms with E-state index in [-0.39, 0.29) is 65.8 Å². The van der Waals surface area contributed by atoms with Crippen molar-refractivity contribution in [3.05, 3.63) is 185 Å². The lowest BCUT2D eigenvalue weighted by Gasteiger charge is -2.30. The summed E-state index contributed by atoms with van der Waals surface area (Å²) in [6, 6.07) is 33.7. The second-order valence-electron chi connectivity index (χ2n) is 23.8. The van der Waals surface area contributed by atoms with Gasteiger partial charge in [0.2, 0.25) is 27.5 Å². The van der Waals surface area contributed by atoms with Crippen LogP contribution in [0.2, 0.25) is 0 Å². The molecular formula is C64H71N6O16S5+. The average molecular weight is 1340 g/mol. The van der Waals surface area contributed by atoms with E-state index in [9.17, 15) is 52.1 Å². The second-order valence-corrected chi connectivity index (χ2v) is 30.9. The van der Waals surface area contributed by atoms with Crippen LogP contribution in [-0.2, 0) is 65.4 Å². The standard InChI is InChI=1S/C64H70N6O16S5/c1-63(2)55(25-13-8-14-26-56-64(3,4)60-50-41-46(90(78,79)80)42-54(91(81,82)83)48(50)29-31-52(60)69(56)35-17-39-87-86-85-72)70(36-18-40-88(73,74)75)51-30-28-47-49(59(51)63)23-15-24-53(47)89(76,77)67(5)34-16-27-57(71)68-37-32-45(33-38-68)62-65-61(66-84-62)58(43-19-9-6-10-20-43)44-21-11-7-12-22-44/h6-15,19-26,28-31,41-42,45,58H,16-18,27,32-40H2,1-5H3,(H3-,72,73,74,75,78,79,80,81,82,83)/p+1. The fourth-order valence-corrected chi connectivity index (χ4v) is 16.6. The number of piperidine rings is 1. The Balaban J connectivity index is 0.858. The Morgan fingerprint density at radius 1 is 0.758 bits per heavy atom. The van der Waals surface area contributed by atoms with Crippen LogP contribution in [0.3, 0.4) is 0 Å². The van der Waals surface area contributed by atoms with Gasteiger partial charge in [-0.3, -0.25) is 18.5 Å². The SMILES string of the molecule is CN(CCCC(=O)N1CCC(c2nc(C(c3ccccc3)c3ccccc3)no2)CC1)S(=O)(=O)c1cccc2c3c(ccc12)N(CCCS(=O)(=O)O)C(=CC=CC=CC1=[N+](CCCSOOO)c2ccc4c(S(=O)(=O)O)cc(S(=O)(=O)O)cc4c2C1(C)C)C3(C)C. The molecular weight excluding hydrogens is 1270 g/mol. The third kappa shape index (κ3) is 14.2. The van der Waals surface area contributed by atoms with Gasteiger partial charge in [0.05, 0.1) is 26.9 Å². The molecule has 4 N–H and O–H groups in total. The van der Waals surface area contributed by atoms with Crippen molar-refractivity contribution in [1.82, 2.24) is 19.3 Å². The highest BCUT2D eigenvalue weighted by atomic mass is 32.2. The number of fused-ring (bicyclic) bond motifs is 6. The number of hydrogen-bond acceptors (Lipinski definition) is 17. The lowest BCUT2D eigenvalue weighted by molar-refractivity contribution is -0.438. The van der Waals surface area contributed by atoms with Crippen molar-refractivity contribution in [1.29, 1.82) is 0 Å². The first-order valence-corrected chi connectivity index (χ1v) is 36.3. The summed E-state index contributed by atoms with van der Waals surface area (Å²) in [4.78, 5) is 20.9. The molecule has 0 saturated carbocycles. The number of nitrogens with zero attached hydrogens (tertiary/aromatic N) is 6. The predicted molar refractivity (Wildman–Crippen MR) is 346 cm³/mol. The summed E-state index contributed by atoms with van der Waals surface area (Å²) >= 11 is 0.856. The van der Waals surface area contributed by atoms with Gasteiger partial charge in [0.1, 0.15) is 11.4 Å². The molecule has 0 radical (unpaired) electrons. The van der Waals surface area contributed by atoms with Crippen molar-refractivity contribution in [3.8, 4) is 0 Å². The van der Waals surface area contributed by atoms with Crippen molar-refractivity contribution in [2.75, 3.05) is 56.2 Å². The molecule has 3 aliphatic heterocycles. The highest BCUT2D eigenvalue weighted by Crippen LogP contribution is 2.52. The van der Waals surface area contributed by atoms with Gasteiger partial charge in [0.25, 0.3) is 30.4 Å². The number of benzene rings is 6. The lowest BCUT2D eigenvalue weighted by Crippen LogP contribution is -2.38. The molecule has 7 aromatic rings. The Hall–Kier alpha value is -6.99. The van der Waals surface area contributed by atoms with Crippen LogP contribution in [0.4, 0.5) is 11.4 Å². The molecule has 0 spiro atoms. The Morgan fingerprint density at radius 2 is 1.43 bits per heavy atom. The van der Waals surface area contributed by atoms with E-state index < -0.39 is 66.8 Å². The van der Waals surface area contributed by atoms with E-state index in [1.54, 1.807) is 47.4 Å². The van der Waals surface area contributed by atoms with Crippen molar-refractivity contribution in [2.45, 2.75) is 104 Å². The van der Waals surface area contributed by atoms with Gasteiger partial charge in [-0.05, 0) is 103 Å². The molecule has 10 rings (SSSR count). The number of amides is 1. The van der Waals surface area contributed by atoms with Gasteiger partial charge in [-0.25, -0.2) is 18.0 Å². The number of likely N-dealkylation sites (tertiary alicyclic amines) is 1. The van der Waals surface area contributed by atoms with Gasteiger partial charge in [-0.2, -0.15) is 34.8 Å². The van der Waals surface area contributed by atoms with Crippen LogP contribution in [0.1, 0.15) is 112 Å². The Bertz CT molecular complexity index is 4470. The maximum Gasteiger partial charge on any atom is 0.295 e. The van der Waals surface area contributed by atoms with Crippen LogP contribution in [0.5, 0.6) is 0 Å². The topological polar surface area (TPSA) is 305 Å². The number of hydrogen-bond donors (Lipinski definition) is 4. The first kappa shape index (κ1) is 66.9. The van der Waals surface area contributed by atoms with Gasteiger partial charge in [-0.15, -0.1) is 4.33 Å². The summed E-state index contributed by atoms with van der Waals surface area (Å²) < 4.78 is 147. The number of allylic oxidation sites excluding steroid dienone is 6. The monoisotopic (exact) mass is 1340 g/mol. The third-order valence-corrected chi connectivity index (χ3v) is 22.3. The highest BCUT2D eigenvalue weighted by molar-refractivity contribution is 7.94. The molecule has 1 amide bonds. The zero-order chi connectivity index (χ0) is 65.3. The first-order valence-electron chi connectivity index (χ1n) is 29.5. The van der Waals surface area contributed by atoms with Crippen molar-refractivity contribution in [3.63, 3.8) is 0 Å². The molecule has 482 valence electrons. The zero-order valence-corrected chi connectivity index (χ0v) is 54.7. The zero-order valence-electron chi connectivity index (χ0n) is 50.6. The average Bonchev–Trinajstić information content (AvgIpc) is 1.61. The summed E-state index contributed by atoms with van der Waals surface area (Å²) in [6.45, 7) is 9.26. The van der Waals surface area contributed by atoms with Crippen molar-refractivity contribution >= 4 is 97.0 Å². The third-order valence-electron chi connectivity index (χ3n) is 17.3. The summed E-state index contributed by atoms with van der Waals surface area (Å²) in [6.07, 6.45) is 11.3. The summed E-state index contributed by atoms with van der Waals surface area (Å²) in [5, 5.41) is 18.2. The van der Waals surface area contributed by atoms with Crippen LogP contribution >= 0.6 is 12.0 Å². The minimum Gasteiger partial charge on any atom is -0.344 e. The smallest absolute Gasteiger partial charge is 0.295 e. The number of carbonyl (C=O) groups is 1. The fraction of sp³-hybridized carbons (Fsp3) is 0.344. The van der Waals surface area contributed by atoms with Gasteiger partial charge in [0, 0.05) is 115 Å². The molecule has 4 heterocycles. The summed E-state index contributed by atoms with van der Waals surface area (Å²) in [7, 11) is -16.9. The van der Waals surface area contributed by atoms with E-state index in [1.807, 2.05) is 122 Å². The molecule has 0 bridgehead atoms. The van der Waals surface area contributed by atoms with E-state index >= 15 is 0 Å². The molecule has 0 unspecified atom stereocenters. The molecule has 3 aliphatic rings. The molecule has 91 heavy (non-hydrogen) atoms. The van der Waals surface area contributed by atoms with Crippen molar-refractivity contribution in [2.24, 2.45) is 0 Å². The number of sulfonamides is 1. The normalized spacial score (nSPS) is 16.9. The number of aromatic nitrogens is 2. The van der Waals surface area contributed by atoms with Crippen LogP contribution in [0.15, 0.2) is 171 Å². The number of carbonyl (C=O) groups excluding carboxylic acids is 1. The van der Waals surface area contributed by atoms with E-state index in [4.69, 9.17) is 14.8 Å². The number of anilines is 1. The predicted octanol–water partition coefficient (Wildman–Crippen LogP) is 10.8. The second kappa shape index (κ2) is 26.9. The highest BCUT2D eigenvalue weighted by Gasteiger charge is 2.47. The Morgan fingerprint density at radius 3 is 2.08 bits per heavy atom. The Labute approximate surface area is 533 Å². The Kier molecular flexibility index (Phi) is 19.8. The van der Waals surface area contributed by atoms with Gasteiger partial charge >= 0.3 is 0 Å². The quantitative estimate of drug-likeness (QED) is 0.00786. The maximum atomic E-state index is 14.6. The minimum atomic E-state index is -4.99. The minimum absolute atomic E-state index is 0.0244. The molecule has 0 atom stereocenters. The maximum absolute atomic E-state index is 14.6. The fourth-order valence-electron chi connectivity index (χ4n) is 13.0. The van der Waals surface area contributed by atoms with E-state index in [2.05, 4.69) is 14.5 Å². The molecule has 0 aliphatic carbocycles. The van der Waals surface area contributed by atoms with E-state index in [0.29, 0.717) is 95.9 Å². The van der Waals surface area contributed by atoms with E-state index in [1.165, 1.54) is 23.5 Å². The molecule has 22 nitrogen and oxygen atoms in total. The van der Waals surface area contributed by atoms with Gasteiger partial charge < -0.3 is 14.3 Å². The van der Waals surface area contributed by atoms with E-state index in [0.717, 1.165) is 34.4 Å². The largest absolute Gasteiger partial charge is 0.344 e. The van der Waals surface area contributed by atoms with Crippen LogP contribution in [0.25, 0.3) is 21.5 Å². The van der Waals surface area contributed by atoms with Crippen molar-refractivity contribution < 1.29 is 75.9 Å². The van der Waals surface area contributed by atoms with Crippen LogP contribution in [-0.4, -0.2) is 139 Å². The van der Waals surface area contributed by atoms with Crippen LogP contribution in [0, 0.1) is 0 Å². The van der Waals surface area contributed by atoms with Crippen LogP contribution < -0.4 is 4.90 Å². The summed E-state index contributed by atoms with van der Waals surface area (Å²) in [5.74, 6) is 0.660.